The fourth-order valence-corrected chi connectivity index (χ4v) is 2.78. The van der Waals surface area contributed by atoms with Crippen LogP contribution in [0.15, 0.2) is 0 Å². The van der Waals surface area contributed by atoms with E-state index in [2.05, 4.69) is 28.1 Å². The fraction of sp³-hybridized carbons (Fsp3) is 1.00. The molecule has 0 unspecified atom stereocenters. The molecule has 0 spiro atoms. The number of rotatable bonds is 15. The third-order valence-corrected chi connectivity index (χ3v) is 4.18. The smallest absolute Gasteiger partial charge is 0.0878 e. The van der Waals surface area contributed by atoms with Crippen LogP contribution in [0.4, 0.5) is 0 Å². The van der Waals surface area contributed by atoms with Crippen LogP contribution in [-0.4, -0.2) is 32.2 Å². The summed E-state index contributed by atoms with van der Waals surface area (Å²) in [6, 6.07) is 0. The van der Waals surface area contributed by atoms with Crippen LogP contribution in [0.2, 0.25) is 0 Å². The standard InChI is InChI=1S/C19H42N.ClO2/c1-5-6-7-8-9-10-11-12-13-14-15-16-17-18-19-20(2,3)4;2-1-3/h5-19H2,1-4H3;/q+1;-1. The second kappa shape index (κ2) is 20.2. The Kier molecular flexibility index (Phi) is 22.3. The van der Waals surface area contributed by atoms with Crippen molar-refractivity contribution >= 4 is 0 Å². The summed E-state index contributed by atoms with van der Waals surface area (Å²) in [4.78, 5) is 0. The van der Waals surface area contributed by atoms with Gasteiger partial charge in [-0.2, -0.15) is 0 Å². The first kappa shape index (κ1) is 25.4. The van der Waals surface area contributed by atoms with E-state index in [1.807, 2.05) is 0 Å². The zero-order valence-corrected chi connectivity index (χ0v) is 17.0. The van der Waals surface area contributed by atoms with Crippen molar-refractivity contribution < 1.29 is 25.1 Å². The minimum absolute atomic E-state index is 0.417. The van der Waals surface area contributed by atoms with Gasteiger partial charge in [-0.15, -0.1) is 0 Å². The van der Waals surface area contributed by atoms with Gasteiger partial charge >= 0.3 is 0 Å². The SMILES string of the molecule is CCCCCCCCCCCCCCCC[N+](C)(C)C.[O-][Cl+][O-]. The molecule has 0 rings (SSSR count). The lowest BCUT2D eigenvalue weighted by molar-refractivity contribution is -1.41. The maximum absolute atomic E-state index is 8.24. The monoisotopic (exact) mass is 351 g/mol. The molecule has 0 aliphatic carbocycles. The highest BCUT2D eigenvalue weighted by Gasteiger charge is 2.04. The van der Waals surface area contributed by atoms with Crippen LogP contribution >= 0.6 is 0 Å². The van der Waals surface area contributed by atoms with Gasteiger partial charge in [-0.25, -0.2) is 0 Å². The Morgan fingerprint density at radius 3 is 1.09 bits per heavy atom. The first-order valence-electron chi connectivity index (χ1n) is 9.67. The van der Waals surface area contributed by atoms with Gasteiger partial charge in [-0.05, 0) is 12.8 Å². The van der Waals surface area contributed by atoms with Gasteiger partial charge in [0.2, 0.25) is 0 Å². The van der Waals surface area contributed by atoms with E-state index < -0.39 is 11.3 Å². The average Bonchev–Trinajstić information content (AvgIpc) is 2.47. The topological polar surface area (TPSA) is 46.1 Å². The zero-order valence-electron chi connectivity index (χ0n) is 16.2. The summed E-state index contributed by atoms with van der Waals surface area (Å²) in [6.07, 6.45) is 20.4. The van der Waals surface area contributed by atoms with E-state index >= 15 is 0 Å². The summed E-state index contributed by atoms with van der Waals surface area (Å²) in [6.45, 7) is 3.63. The van der Waals surface area contributed by atoms with Crippen molar-refractivity contribution in [1.29, 1.82) is 0 Å². The lowest BCUT2D eigenvalue weighted by Gasteiger charge is -2.23. The second-order valence-electron chi connectivity index (χ2n) is 7.67. The van der Waals surface area contributed by atoms with E-state index in [9.17, 15) is 0 Å². The molecule has 0 atom stereocenters. The number of nitrogens with zero attached hydrogens (tertiary/aromatic N) is 1. The first-order valence-corrected chi connectivity index (χ1v) is 10.3. The van der Waals surface area contributed by atoms with Crippen LogP contribution in [0, 0.1) is 11.3 Å². The van der Waals surface area contributed by atoms with Crippen LogP contribution in [-0.2, 0) is 0 Å². The van der Waals surface area contributed by atoms with Gasteiger partial charge < -0.3 is 13.8 Å². The Morgan fingerprint density at radius 1 is 0.565 bits per heavy atom. The van der Waals surface area contributed by atoms with Crippen molar-refractivity contribution in [1.82, 2.24) is 0 Å². The maximum atomic E-state index is 8.24. The Labute approximate surface area is 150 Å². The molecule has 0 saturated heterocycles. The summed E-state index contributed by atoms with van der Waals surface area (Å²) in [5.74, 6) is 0. The van der Waals surface area contributed by atoms with E-state index in [0.717, 1.165) is 4.48 Å². The van der Waals surface area contributed by atoms with E-state index in [1.165, 1.54) is 96.4 Å². The van der Waals surface area contributed by atoms with Crippen molar-refractivity contribution in [2.24, 2.45) is 0 Å². The molecule has 0 aliphatic heterocycles. The molecule has 0 fully saturated rings. The summed E-state index contributed by atoms with van der Waals surface area (Å²) in [7, 11) is 6.88. The molecule has 0 amide bonds. The van der Waals surface area contributed by atoms with E-state index in [0.29, 0.717) is 0 Å². The van der Waals surface area contributed by atoms with E-state index in [1.54, 1.807) is 0 Å². The molecule has 0 heterocycles. The number of quaternary nitrogens is 1. The molecule has 0 aromatic heterocycles. The number of hydrogen-bond donors (Lipinski definition) is 0. The molecule has 0 aliphatic rings. The van der Waals surface area contributed by atoms with Gasteiger partial charge in [-0.1, -0.05) is 84.0 Å². The van der Waals surface area contributed by atoms with Crippen molar-refractivity contribution in [3.63, 3.8) is 0 Å². The highest BCUT2D eigenvalue weighted by atomic mass is 35.6. The zero-order chi connectivity index (χ0) is 17.8. The minimum atomic E-state index is -0.417. The molecular formula is C19H42ClNO2. The lowest BCUT2D eigenvalue weighted by atomic mass is 10.0. The first-order chi connectivity index (χ1) is 11.0. The summed E-state index contributed by atoms with van der Waals surface area (Å²) < 4.78 is 17.6. The highest BCUT2D eigenvalue weighted by molar-refractivity contribution is 4.49. The molecule has 0 radical (unpaired) electrons. The molecule has 0 bridgehead atoms. The minimum Gasteiger partial charge on any atom is -0.544 e. The predicted molar refractivity (Wildman–Crippen MR) is 93.2 cm³/mol. The van der Waals surface area contributed by atoms with Crippen molar-refractivity contribution in [2.45, 2.75) is 96.8 Å². The molecule has 142 valence electrons. The normalized spacial score (nSPS) is 11.2. The summed E-state index contributed by atoms with van der Waals surface area (Å²) >= 11 is -0.417. The molecule has 0 aromatic rings. The van der Waals surface area contributed by atoms with Crippen molar-refractivity contribution in [2.75, 3.05) is 27.7 Å². The predicted octanol–water partition coefficient (Wildman–Crippen LogP) is 3.80. The van der Waals surface area contributed by atoms with Crippen LogP contribution in [0.25, 0.3) is 0 Å². The van der Waals surface area contributed by atoms with Crippen LogP contribution in [0.1, 0.15) is 96.8 Å². The number of hydrogen-bond acceptors (Lipinski definition) is 2. The fourth-order valence-electron chi connectivity index (χ4n) is 2.78. The van der Waals surface area contributed by atoms with Crippen molar-refractivity contribution in [3.05, 3.63) is 0 Å². The summed E-state index contributed by atoms with van der Waals surface area (Å²) in [5, 5.41) is 0. The summed E-state index contributed by atoms with van der Waals surface area (Å²) in [5.41, 5.74) is 0. The van der Waals surface area contributed by atoms with Crippen LogP contribution < -0.4 is 9.32 Å². The largest absolute Gasteiger partial charge is 0.544 e. The average molecular weight is 352 g/mol. The Hall–Kier alpha value is 0.170. The second-order valence-corrected chi connectivity index (χ2v) is 7.80. The van der Waals surface area contributed by atoms with Crippen LogP contribution in [0.3, 0.4) is 0 Å². The molecular weight excluding hydrogens is 310 g/mol. The van der Waals surface area contributed by atoms with Crippen LogP contribution in [0.5, 0.6) is 0 Å². The quantitative estimate of drug-likeness (QED) is 0.333. The van der Waals surface area contributed by atoms with E-state index in [-0.39, 0.29) is 0 Å². The Morgan fingerprint density at radius 2 is 0.826 bits per heavy atom. The molecule has 0 aromatic carbocycles. The maximum Gasteiger partial charge on any atom is 0.0878 e. The third-order valence-electron chi connectivity index (χ3n) is 4.18. The number of halogens is 1. The molecule has 4 heteroatoms. The van der Waals surface area contributed by atoms with Gasteiger partial charge in [0.05, 0.1) is 39.0 Å². The molecule has 3 nitrogen and oxygen atoms in total. The molecule has 0 N–H and O–H groups in total. The van der Waals surface area contributed by atoms with Gasteiger partial charge in [0, 0.05) is 0 Å². The molecule has 23 heavy (non-hydrogen) atoms. The molecule has 0 saturated carbocycles. The highest BCUT2D eigenvalue weighted by Crippen LogP contribution is 2.13. The lowest BCUT2D eigenvalue weighted by Crippen LogP contribution is -2.35. The van der Waals surface area contributed by atoms with Gasteiger partial charge in [0.15, 0.2) is 0 Å². The Balaban J connectivity index is 0. The Bertz CT molecular complexity index is 208. The van der Waals surface area contributed by atoms with E-state index in [4.69, 9.17) is 9.32 Å². The van der Waals surface area contributed by atoms with Crippen molar-refractivity contribution in [3.8, 4) is 0 Å². The number of unbranched alkanes of at least 4 members (excludes halogenated alkanes) is 13. The van der Waals surface area contributed by atoms with Gasteiger partial charge in [0.25, 0.3) is 0 Å². The van der Waals surface area contributed by atoms with Gasteiger partial charge in [-0.3, -0.25) is 0 Å². The third kappa shape index (κ3) is 30.6. The van der Waals surface area contributed by atoms with Gasteiger partial charge in [0.1, 0.15) is 0 Å².